The predicted molar refractivity (Wildman–Crippen MR) is 115 cm³/mol. The number of hydrogen-bond donors (Lipinski definition) is 2. The summed E-state index contributed by atoms with van der Waals surface area (Å²) in [6.45, 7) is 5.49. The fraction of sp³-hybridized carbons (Fsp3) is 0.706. The van der Waals surface area contributed by atoms with Gasteiger partial charge in [-0.1, -0.05) is 13.3 Å². The average molecular weight is 487 g/mol. The second-order valence-electron chi connectivity index (χ2n) is 6.46. The molecule has 3 heterocycles. The SMILES string of the molecule is CCc1nncn1CCNC(=NC)NCCc1nnc2n1CCCCC2.I. The van der Waals surface area contributed by atoms with Gasteiger partial charge in [-0.15, -0.1) is 44.4 Å². The molecule has 27 heavy (non-hydrogen) atoms. The molecule has 1 aliphatic heterocycles. The zero-order valence-corrected chi connectivity index (χ0v) is 18.5. The Balaban J connectivity index is 0.00000261. The molecule has 0 radical (unpaired) electrons. The summed E-state index contributed by atoms with van der Waals surface area (Å²) in [4.78, 5) is 4.28. The minimum absolute atomic E-state index is 0. The minimum Gasteiger partial charge on any atom is -0.356 e. The van der Waals surface area contributed by atoms with Gasteiger partial charge in [0, 0.05) is 52.5 Å². The van der Waals surface area contributed by atoms with Crippen molar-refractivity contribution in [1.82, 2.24) is 40.2 Å². The monoisotopic (exact) mass is 487 g/mol. The smallest absolute Gasteiger partial charge is 0.191 e. The van der Waals surface area contributed by atoms with E-state index < -0.39 is 0 Å². The van der Waals surface area contributed by atoms with Gasteiger partial charge < -0.3 is 19.8 Å². The average Bonchev–Trinajstić information content (AvgIpc) is 3.20. The van der Waals surface area contributed by atoms with E-state index in [0.717, 1.165) is 68.9 Å². The van der Waals surface area contributed by atoms with Crippen LogP contribution in [0.25, 0.3) is 0 Å². The molecule has 0 spiro atoms. The number of aromatic nitrogens is 6. The summed E-state index contributed by atoms with van der Waals surface area (Å²) in [5.74, 6) is 4.01. The summed E-state index contributed by atoms with van der Waals surface area (Å²) in [7, 11) is 1.79. The number of hydrogen-bond acceptors (Lipinski definition) is 5. The van der Waals surface area contributed by atoms with Crippen LogP contribution in [0.2, 0.25) is 0 Å². The van der Waals surface area contributed by atoms with Crippen LogP contribution in [0.5, 0.6) is 0 Å². The second-order valence-corrected chi connectivity index (χ2v) is 6.46. The van der Waals surface area contributed by atoms with E-state index in [1.807, 2.05) is 0 Å². The minimum atomic E-state index is 0. The molecule has 0 fully saturated rings. The molecule has 0 amide bonds. The highest BCUT2D eigenvalue weighted by Gasteiger charge is 2.14. The first-order chi connectivity index (χ1) is 12.8. The van der Waals surface area contributed by atoms with Gasteiger partial charge in [0.15, 0.2) is 5.96 Å². The van der Waals surface area contributed by atoms with E-state index in [-0.39, 0.29) is 24.0 Å². The Morgan fingerprint density at radius 1 is 1.11 bits per heavy atom. The van der Waals surface area contributed by atoms with Crippen LogP contribution >= 0.6 is 24.0 Å². The molecule has 150 valence electrons. The topological polar surface area (TPSA) is 97.8 Å². The lowest BCUT2D eigenvalue weighted by molar-refractivity contribution is 0.598. The highest BCUT2D eigenvalue weighted by atomic mass is 127. The lowest BCUT2D eigenvalue weighted by atomic mass is 10.2. The third-order valence-electron chi connectivity index (χ3n) is 4.71. The van der Waals surface area contributed by atoms with Crippen molar-refractivity contribution in [2.45, 2.75) is 58.5 Å². The lowest BCUT2D eigenvalue weighted by Crippen LogP contribution is -2.40. The van der Waals surface area contributed by atoms with Crippen LogP contribution in [-0.2, 0) is 32.4 Å². The van der Waals surface area contributed by atoms with Crippen LogP contribution in [0.1, 0.15) is 43.7 Å². The molecular weight excluding hydrogens is 457 g/mol. The van der Waals surface area contributed by atoms with Crippen LogP contribution in [-0.4, -0.2) is 55.6 Å². The number of guanidine groups is 1. The number of nitrogens with zero attached hydrogens (tertiary/aromatic N) is 7. The van der Waals surface area contributed by atoms with Gasteiger partial charge in [0.05, 0.1) is 0 Å². The number of aliphatic imine (C=N–C) groups is 1. The fourth-order valence-corrected chi connectivity index (χ4v) is 3.28. The van der Waals surface area contributed by atoms with Crippen molar-refractivity contribution in [3.05, 3.63) is 23.8 Å². The Labute approximate surface area is 177 Å². The van der Waals surface area contributed by atoms with Crippen LogP contribution in [0.15, 0.2) is 11.3 Å². The summed E-state index contributed by atoms with van der Waals surface area (Å²) in [6.07, 6.45) is 8.27. The maximum Gasteiger partial charge on any atom is 0.191 e. The normalized spacial score (nSPS) is 14.2. The van der Waals surface area contributed by atoms with Gasteiger partial charge in [0.25, 0.3) is 0 Å². The summed E-state index contributed by atoms with van der Waals surface area (Å²) < 4.78 is 4.36. The predicted octanol–water partition coefficient (Wildman–Crippen LogP) is 1.18. The third-order valence-corrected chi connectivity index (χ3v) is 4.71. The Bertz CT molecular complexity index is 722. The van der Waals surface area contributed by atoms with E-state index in [9.17, 15) is 0 Å². The van der Waals surface area contributed by atoms with Crippen LogP contribution in [0, 0.1) is 0 Å². The van der Waals surface area contributed by atoms with Crippen molar-refractivity contribution < 1.29 is 0 Å². The zero-order valence-electron chi connectivity index (χ0n) is 16.2. The van der Waals surface area contributed by atoms with Gasteiger partial charge in [0.1, 0.15) is 23.8 Å². The maximum absolute atomic E-state index is 4.37. The molecular formula is C17H30IN9. The molecule has 0 bridgehead atoms. The number of aryl methyl sites for hydroxylation is 2. The standard InChI is InChI=1S/C17H29N9.HI/c1-3-14-22-21-13-25(14)12-10-20-17(18-2)19-9-8-16-24-23-15-7-5-4-6-11-26(15)16;/h13H,3-12H2,1-2H3,(H2,18,19,20);1H. The van der Waals surface area contributed by atoms with Crippen molar-refractivity contribution in [2.75, 3.05) is 20.1 Å². The molecule has 1 aliphatic rings. The summed E-state index contributed by atoms with van der Waals surface area (Å²) in [5.41, 5.74) is 0. The van der Waals surface area contributed by atoms with Crippen LogP contribution in [0.3, 0.4) is 0 Å². The molecule has 2 aromatic heterocycles. The van der Waals surface area contributed by atoms with Crippen molar-refractivity contribution in [1.29, 1.82) is 0 Å². The summed E-state index contributed by atoms with van der Waals surface area (Å²) in [5, 5.41) is 23.5. The Morgan fingerprint density at radius 2 is 1.96 bits per heavy atom. The molecule has 2 N–H and O–H groups in total. The largest absolute Gasteiger partial charge is 0.356 e. The molecule has 3 rings (SSSR count). The second kappa shape index (κ2) is 11.2. The first-order valence-corrected chi connectivity index (χ1v) is 9.54. The van der Waals surface area contributed by atoms with E-state index >= 15 is 0 Å². The van der Waals surface area contributed by atoms with Gasteiger partial charge in [0.2, 0.25) is 0 Å². The molecule has 0 saturated carbocycles. The van der Waals surface area contributed by atoms with Gasteiger partial charge in [-0.25, -0.2) is 0 Å². The fourth-order valence-electron chi connectivity index (χ4n) is 3.28. The molecule has 10 heteroatoms. The van der Waals surface area contributed by atoms with E-state index in [2.05, 4.69) is 52.1 Å². The van der Waals surface area contributed by atoms with Crippen LogP contribution in [0.4, 0.5) is 0 Å². The van der Waals surface area contributed by atoms with Gasteiger partial charge in [-0.05, 0) is 12.8 Å². The van der Waals surface area contributed by atoms with E-state index in [4.69, 9.17) is 0 Å². The van der Waals surface area contributed by atoms with E-state index in [0.29, 0.717) is 0 Å². The number of halogens is 1. The van der Waals surface area contributed by atoms with E-state index in [1.54, 1.807) is 13.4 Å². The van der Waals surface area contributed by atoms with Crippen molar-refractivity contribution in [3.63, 3.8) is 0 Å². The number of nitrogens with one attached hydrogen (secondary N) is 2. The van der Waals surface area contributed by atoms with E-state index in [1.165, 1.54) is 19.3 Å². The van der Waals surface area contributed by atoms with Gasteiger partial charge in [-0.3, -0.25) is 4.99 Å². The molecule has 9 nitrogen and oxygen atoms in total. The summed E-state index contributed by atoms with van der Waals surface area (Å²) >= 11 is 0. The molecule has 0 aliphatic carbocycles. The van der Waals surface area contributed by atoms with Crippen molar-refractivity contribution in [2.24, 2.45) is 4.99 Å². The highest BCUT2D eigenvalue weighted by molar-refractivity contribution is 14.0. The number of rotatable bonds is 7. The highest BCUT2D eigenvalue weighted by Crippen LogP contribution is 2.14. The quantitative estimate of drug-likeness (QED) is 0.346. The molecule has 0 unspecified atom stereocenters. The maximum atomic E-state index is 4.37. The Morgan fingerprint density at radius 3 is 2.78 bits per heavy atom. The summed E-state index contributed by atoms with van der Waals surface area (Å²) in [6, 6.07) is 0. The van der Waals surface area contributed by atoms with Gasteiger partial charge >= 0.3 is 0 Å². The van der Waals surface area contributed by atoms with Crippen molar-refractivity contribution in [3.8, 4) is 0 Å². The number of fused-ring (bicyclic) bond motifs is 1. The third kappa shape index (κ3) is 5.88. The first kappa shape index (κ1) is 21.6. The lowest BCUT2D eigenvalue weighted by Gasteiger charge is -2.13. The van der Waals surface area contributed by atoms with Gasteiger partial charge in [-0.2, -0.15) is 0 Å². The Hall–Kier alpha value is -1.72. The molecule has 2 aromatic rings. The molecule has 0 aromatic carbocycles. The zero-order chi connectivity index (χ0) is 18.2. The molecule has 0 saturated heterocycles. The Kier molecular flexibility index (Phi) is 8.95. The first-order valence-electron chi connectivity index (χ1n) is 9.54. The van der Waals surface area contributed by atoms with Crippen LogP contribution < -0.4 is 10.6 Å². The molecule has 0 atom stereocenters. The van der Waals surface area contributed by atoms with Crippen molar-refractivity contribution >= 4 is 29.9 Å².